The van der Waals surface area contributed by atoms with E-state index in [9.17, 15) is 4.79 Å². The van der Waals surface area contributed by atoms with Gasteiger partial charge < -0.3 is 25.2 Å². The molecule has 6 nitrogen and oxygen atoms in total. The number of cyclic esters (lactones) is 1. The molecule has 7 heteroatoms. The summed E-state index contributed by atoms with van der Waals surface area (Å²) in [6.07, 6.45) is -2.78. The van der Waals surface area contributed by atoms with Crippen LogP contribution in [0.25, 0.3) is 0 Å². The van der Waals surface area contributed by atoms with Crippen LogP contribution in [-0.4, -0.2) is 45.2 Å². The summed E-state index contributed by atoms with van der Waals surface area (Å²) >= 11 is 0. The average Bonchev–Trinajstić information content (AvgIpc) is 2.32. The molecule has 0 aromatic carbocycles. The Hall–Kier alpha value is -0.840. The van der Waals surface area contributed by atoms with Crippen LogP contribution in [0.15, 0.2) is 11.5 Å². The van der Waals surface area contributed by atoms with E-state index < -0.39 is 36.3 Å². The lowest BCUT2D eigenvalue weighted by Gasteiger charge is -2.13. The number of aliphatic hydroxyl groups excluding tert-OH is 4. The van der Waals surface area contributed by atoms with Crippen molar-refractivity contribution in [2.24, 2.45) is 0 Å². The van der Waals surface area contributed by atoms with Crippen molar-refractivity contribution < 1.29 is 30.0 Å². The number of carbonyl (C=O) groups excluding carboxylic acids is 1. The molecule has 13 heavy (non-hydrogen) atoms. The average molecular weight is 210 g/mol. The summed E-state index contributed by atoms with van der Waals surface area (Å²) < 4.78 is 4.32. The van der Waals surface area contributed by atoms with Crippen molar-refractivity contribution >= 4 is 15.9 Å². The van der Waals surface area contributed by atoms with Gasteiger partial charge in [-0.3, -0.25) is 0 Å². The van der Waals surface area contributed by atoms with Crippen molar-refractivity contribution in [3.05, 3.63) is 11.5 Å². The van der Waals surface area contributed by atoms with Gasteiger partial charge in [0.25, 0.3) is 0 Å². The largest absolute Gasteiger partial charge is 0.505 e. The Kier molecular flexibility index (Phi) is 4.13. The Morgan fingerprint density at radius 1 is 1.46 bits per heavy atom. The molecule has 2 unspecified atom stereocenters. The zero-order valence-electron chi connectivity index (χ0n) is 6.67. The molecule has 3 atom stereocenters. The van der Waals surface area contributed by atoms with Gasteiger partial charge in [0.15, 0.2) is 11.9 Å². The third-order valence-electron chi connectivity index (χ3n) is 1.48. The van der Waals surface area contributed by atoms with Gasteiger partial charge in [0.1, 0.15) is 6.10 Å². The smallest absolute Gasteiger partial charge is 0.377 e. The number of ether oxygens (including phenoxy) is 1. The number of carbonyl (C=O) groups is 1. The summed E-state index contributed by atoms with van der Waals surface area (Å²) in [7, 11) is 0. The summed E-state index contributed by atoms with van der Waals surface area (Å²) in [5.74, 6) is -2.78. The van der Waals surface area contributed by atoms with Crippen molar-refractivity contribution in [2.45, 2.75) is 12.2 Å². The van der Waals surface area contributed by atoms with E-state index in [2.05, 4.69) is 4.74 Å². The molecule has 0 aromatic heterocycles. The highest BCUT2D eigenvalue weighted by Crippen LogP contribution is 2.20. The summed E-state index contributed by atoms with van der Waals surface area (Å²) in [6.45, 7) is -0.671. The lowest BCUT2D eigenvalue weighted by Crippen LogP contribution is -2.31. The molecule has 1 aliphatic heterocycles. The third kappa shape index (κ3) is 2.09. The summed E-state index contributed by atoms with van der Waals surface area (Å²) in [4.78, 5) is 10.5. The number of esters is 1. The van der Waals surface area contributed by atoms with Crippen LogP contribution in [0.2, 0.25) is 0 Å². The van der Waals surface area contributed by atoms with Crippen LogP contribution in [0.4, 0.5) is 0 Å². The molecule has 0 aromatic rings. The van der Waals surface area contributed by atoms with Crippen molar-refractivity contribution in [3.63, 3.8) is 0 Å². The van der Waals surface area contributed by atoms with Crippen LogP contribution < -0.4 is 0 Å². The fourth-order valence-corrected chi connectivity index (χ4v) is 0.823. The molecule has 0 amide bonds. The molecule has 0 saturated heterocycles. The minimum Gasteiger partial charge on any atom is -0.505 e. The monoisotopic (exact) mass is 210 g/mol. The highest BCUT2D eigenvalue weighted by atomic mass is 31.0. The maximum absolute atomic E-state index is 10.5. The Morgan fingerprint density at radius 3 is 2.31 bits per heavy atom. The molecule has 4 N–H and O–H groups in total. The molecule has 0 fully saturated rings. The fraction of sp³-hybridized carbons (Fsp3) is 0.500. The number of hydrogen-bond donors (Lipinski definition) is 4. The zero-order chi connectivity index (χ0) is 9.30. The molecule has 0 aliphatic carbocycles. The minimum absolute atomic E-state index is 0. The first-order chi connectivity index (χ1) is 5.57. The minimum atomic E-state index is -1.42. The maximum Gasteiger partial charge on any atom is 0.377 e. The molecule has 0 saturated carbocycles. The van der Waals surface area contributed by atoms with Gasteiger partial charge in [-0.05, 0) is 0 Å². The van der Waals surface area contributed by atoms with E-state index in [1.807, 2.05) is 0 Å². The third-order valence-corrected chi connectivity index (χ3v) is 1.48. The van der Waals surface area contributed by atoms with Crippen LogP contribution in [0.1, 0.15) is 0 Å². The predicted molar refractivity (Wildman–Crippen MR) is 46.4 cm³/mol. The van der Waals surface area contributed by atoms with E-state index in [1.54, 1.807) is 0 Å². The first-order valence-corrected chi connectivity index (χ1v) is 3.20. The Balaban J connectivity index is 0.00000144. The second-order valence-corrected chi connectivity index (χ2v) is 2.31. The van der Waals surface area contributed by atoms with Crippen molar-refractivity contribution in [3.8, 4) is 0 Å². The molecule has 1 heterocycles. The molecule has 76 valence electrons. The van der Waals surface area contributed by atoms with Gasteiger partial charge in [0.05, 0.1) is 6.61 Å². The van der Waals surface area contributed by atoms with Gasteiger partial charge in [0, 0.05) is 0 Å². The van der Waals surface area contributed by atoms with E-state index >= 15 is 0 Å². The summed E-state index contributed by atoms with van der Waals surface area (Å²) in [6, 6.07) is 0. The van der Waals surface area contributed by atoms with Crippen LogP contribution in [-0.2, 0) is 9.53 Å². The molecule has 1 aliphatic rings. The molecule has 1 rings (SSSR count). The van der Waals surface area contributed by atoms with E-state index in [4.69, 9.17) is 20.4 Å². The SMILES string of the molecule is O=C1O[C@H](C(O)CO)C(O)=C1O.P. The predicted octanol–water partition coefficient (Wildman–Crippen LogP) is -1.35. The van der Waals surface area contributed by atoms with Gasteiger partial charge in [-0.25, -0.2) is 4.79 Å². The van der Waals surface area contributed by atoms with Gasteiger partial charge in [-0.2, -0.15) is 9.90 Å². The van der Waals surface area contributed by atoms with Crippen molar-refractivity contribution in [1.29, 1.82) is 0 Å². The lowest BCUT2D eigenvalue weighted by molar-refractivity contribution is -0.147. The molecule has 0 bridgehead atoms. The summed E-state index contributed by atoms with van der Waals surface area (Å²) in [5, 5.41) is 35.0. The van der Waals surface area contributed by atoms with E-state index in [1.165, 1.54) is 0 Å². The van der Waals surface area contributed by atoms with E-state index in [0.29, 0.717) is 0 Å². The fourth-order valence-electron chi connectivity index (χ4n) is 0.823. The van der Waals surface area contributed by atoms with Gasteiger partial charge in [-0.15, -0.1) is 0 Å². The van der Waals surface area contributed by atoms with E-state index in [0.717, 1.165) is 0 Å². The van der Waals surface area contributed by atoms with Gasteiger partial charge in [-0.1, -0.05) is 0 Å². The summed E-state index contributed by atoms with van der Waals surface area (Å²) in [5.41, 5.74) is 0. The highest BCUT2D eigenvalue weighted by Gasteiger charge is 2.38. The van der Waals surface area contributed by atoms with Crippen LogP contribution in [0, 0.1) is 0 Å². The van der Waals surface area contributed by atoms with Crippen LogP contribution in [0.5, 0.6) is 0 Å². The van der Waals surface area contributed by atoms with Gasteiger partial charge in [0.2, 0.25) is 5.76 Å². The molecular weight excluding hydrogens is 199 g/mol. The molecule has 0 radical (unpaired) electrons. The van der Waals surface area contributed by atoms with E-state index in [-0.39, 0.29) is 9.90 Å². The first-order valence-electron chi connectivity index (χ1n) is 3.20. The molecular formula is C6H11O6P. The standard InChI is InChI=1S/C6H8O6.H3P/c7-1-2(8)5-3(9)4(10)6(11)12-5;/h2,5,7-10H,1H2;1H3/t2?,5-;/m1./s1. The highest BCUT2D eigenvalue weighted by molar-refractivity contribution is 6.92. The quantitative estimate of drug-likeness (QED) is 0.331. The molecule has 0 spiro atoms. The Morgan fingerprint density at radius 2 is 2.00 bits per heavy atom. The second-order valence-electron chi connectivity index (χ2n) is 2.31. The maximum atomic E-state index is 10.5. The Bertz CT molecular complexity index is 237. The number of hydrogen-bond acceptors (Lipinski definition) is 6. The first kappa shape index (κ1) is 12.2. The van der Waals surface area contributed by atoms with Crippen molar-refractivity contribution in [2.75, 3.05) is 6.61 Å². The lowest BCUT2D eigenvalue weighted by atomic mass is 10.2. The number of aliphatic hydroxyl groups is 4. The normalized spacial score (nSPS) is 23.8. The second kappa shape index (κ2) is 4.41. The van der Waals surface area contributed by atoms with Crippen molar-refractivity contribution in [1.82, 2.24) is 0 Å². The van der Waals surface area contributed by atoms with Crippen LogP contribution in [0.3, 0.4) is 0 Å². The Labute approximate surface area is 77.1 Å². The topological polar surface area (TPSA) is 107 Å². The van der Waals surface area contributed by atoms with Crippen LogP contribution >= 0.6 is 9.90 Å². The number of rotatable bonds is 2. The van der Waals surface area contributed by atoms with Gasteiger partial charge >= 0.3 is 5.97 Å². The zero-order valence-corrected chi connectivity index (χ0v) is 8.09.